The van der Waals surface area contributed by atoms with Gasteiger partial charge in [-0.2, -0.15) is 0 Å². The summed E-state index contributed by atoms with van der Waals surface area (Å²) in [5.74, 6) is 2.05. The molecule has 1 aliphatic heterocycles. The number of rotatable bonds is 2. The van der Waals surface area contributed by atoms with Gasteiger partial charge in [-0.25, -0.2) is 4.79 Å². The molecular weight excluding hydrogens is 276 g/mol. The normalized spacial score (nSPS) is 39.7. The third-order valence-corrected chi connectivity index (χ3v) is 5.59. The number of fused-ring (bicyclic) bond motifs is 1. The molecular formula is C18H32N2O2. The van der Waals surface area contributed by atoms with Crippen LogP contribution >= 0.6 is 0 Å². The number of nitrogens with one attached hydrogen (secondary N) is 1. The summed E-state index contributed by atoms with van der Waals surface area (Å²) in [6.45, 7) is 14.6. The number of likely N-dealkylation sites (tertiary alicyclic amines) is 1. The molecule has 4 atom stereocenters. The first-order valence-electron chi connectivity index (χ1n) is 8.80. The summed E-state index contributed by atoms with van der Waals surface area (Å²) in [6.07, 6.45) is 2.45. The molecule has 126 valence electrons. The van der Waals surface area contributed by atoms with Crippen molar-refractivity contribution in [3.05, 3.63) is 0 Å². The molecule has 1 heterocycles. The summed E-state index contributed by atoms with van der Waals surface area (Å²) in [7, 11) is 0. The summed E-state index contributed by atoms with van der Waals surface area (Å²) in [6, 6.07) is 1.28. The molecule has 3 fully saturated rings. The molecule has 2 aliphatic carbocycles. The van der Waals surface area contributed by atoms with E-state index in [9.17, 15) is 4.79 Å². The van der Waals surface area contributed by atoms with Crippen molar-refractivity contribution >= 4 is 6.09 Å². The summed E-state index contributed by atoms with van der Waals surface area (Å²) in [5, 5.41) is 3.89. The Morgan fingerprint density at radius 2 is 1.77 bits per heavy atom. The molecule has 3 rings (SSSR count). The third kappa shape index (κ3) is 3.27. The molecule has 0 aromatic rings. The van der Waals surface area contributed by atoms with Crippen LogP contribution in [0.5, 0.6) is 0 Å². The van der Waals surface area contributed by atoms with Crippen LogP contribution in [0, 0.1) is 23.2 Å². The van der Waals surface area contributed by atoms with Gasteiger partial charge >= 0.3 is 6.09 Å². The minimum absolute atomic E-state index is 0.145. The number of hydrogen-bond acceptors (Lipinski definition) is 3. The molecule has 0 bridgehead atoms. The van der Waals surface area contributed by atoms with Crippen LogP contribution in [0.1, 0.15) is 54.4 Å². The molecule has 4 unspecified atom stereocenters. The molecule has 1 saturated heterocycles. The first-order chi connectivity index (χ1) is 10.1. The quantitative estimate of drug-likeness (QED) is 0.851. The summed E-state index contributed by atoms with van der Waals surface area (Å²) in [4.78, 5) is 14.0. The van der Waals surface area contributed by atoms with E-state index in [2.05, 4.69) is 26.1 Å². The molecule has 1 N–H and O–H groups in total. The topological polar surface area (TPSA) is 41.6 Å². The second-order valence-electron chi connectivity index (χ2n) is 9.56. The standard InChI is InChI=1S/C18H32N2O2/c1-11-7-18(5,6)8-14(11)19-15-12-9-20(10-13(12)15)16(21)22-17(2,3)4/h11-15,19H,7-10H2,1-6H3. The molecule has 1 amide bonds. The first kappa shape index (κ1) is 16.1. The van der Waals surface area contributed by atoms with Crippen LogP contribution in [-0.4, -0.2) is 41.8 Å². The second-order valence-corrected chi connectivity index (χ2v) is 9.56. The summed E-state index contributed by atoms with van der Waals surface area (Å²) >= 11 is 0. The fraction of sp³-hybridized carbons (Fsp3) is 0.944. The lowest BCUT2D eigenvalue weighted by Gasteiger charge is -2.27. The Morgan fingerprint density at radius 1 is 1.18 bits per heavy atom. The van der Waals surface area contributed by atoms with Gasteiger partial charge in [-0.15, -0.1) is 0 Å². The molecule has 0 aromatic heterocycles. The third-order valence-electron chi connectivity index (χ3n) is 5.59. The molecule has 3 aliphatic rings. The minimum atomic E-state index is -0.396. The van der Waals surface area contributed by atoms with Gasteiger partial charge in [-0.3, -0.25) is 0 Å². The van der Waals surface area contributed by atoms with Crippen molar-refractivity contribution in [2.24, 2.45) is 23.2 Å². The Kier molecular flexibility index (Phi) is 3.75. The van der Waals surface area contributed by atoms with Crippen LogP contribution in [0.15, 0.2) is 0 Å². The predicted octanol–water partition coefficient (Wildman–Crippen LogP) is 3.27. The fourth-order valence-corrected chi connectivity index (χ4v) is 4.61. The van der Waals surface area contributed by atoms with Crippen molar-refractivity contribution < 1.29 is 9.53 Å². The monoisotopic (exact) mass is 308 g/mol. The van der Waals surface area contributed by atoms with Gasteiger partial charge < -0.3 is 15.0 Å². The smallest absolute Gasteiger partial charge is 0.410 e. The highest BCUT2D eigenvalue weighted by Gasteiger charge is 2.58. The van der Waals surface area contributed by atoms with E-state index in [1.807, 2.05) is 25.7 Å². The van der Waals surface area contributed by atoms with Crippen molar-refractivity contribution in [1.82, 2.24) is 10.2 Å². The van der Waals surface area contributed by atoms with E-state index in [-0.39, 0.29) is 6.09 Å². The molecule has 0 aromatic carbocycles. The lowest BCUT2D eigenvalue weighted by Crippen LogP contribution is -2.41. The summed E-state index contributed by atoms with van der Waals surface area (Å²) < 4.78 is 5.47. The number of nitrogens with zero attached hydrogens (tertiary/aromatic N) is 1. The zero-order chi connectivity index (χ0) is 16.3. The minimum Gasteiger partial charge on any atom is -0.444 e. The van der Waals surface area contributed by atoms with Gasteiger partial charge in [-0.1, -0.05) is 20.8 Å². The number of hydrogen-bond donors (Lipinski definition) is 1. The predicted molar refractivity (Wildman–Crippen MR) is 87.7 cm³/mol. The van der Waals surface area contributed by atoms with Crippen LogP contribution < -0.4 is 5.32 Å². The number of piperidine rings is 1. The second kappa shape index (κ2) is 5.12. The SMILES string of the molecule is CC1CC(C)(C)CC1NC1C2CN(C(=O)OC(C)(C)C)CC21. The largest absolute Gasteiger partial charge is 0.444 e. The van der Waals surface area contributed by atoms with Crippen LogP contribution in [0.4, 0.5) is 4.79 Å². The van der Waals surface area contributed by atoms with E-state index < -0.39 is 5.60 Å². The lowest BCUT2D eigenvalue weighted by atomic mass is 9.91. The zero-order valence-electron chi connectivity index (χ0n) is 15.0. The van der Waals surface area contributed by atoms with Crippen molar-refractivity contribution in [3.63, 3.8) is 0 Å². The maximum absolute atomic E-state index is 12.1. The first-order valence-corrected chi connectivity index (χ1v) is 8.80. The summed E-state index contributed by atoms with van der Waals surface area (Å²) in [5.41, 5.74) is 0.0794. The van der Waals surface area contributed by atoms with E-state index in [0.717, 1.165) is 19.0 Å². The van der Waals surface area contributed by atoms with Gasteiger partial charge in [0.2, 0.25) is 0 Å². The van der Waals surface area contributed by atoms with Gasteiger partial charge in [0.25, 0.3) is 0 Å². The Labute approximate surface area is 135 Å². The van der Waals surface area contributed by atoms with E-state index in [4.69, 9.17) is 4.74 Å². The Balaban J connectivity index is 1.46. The van der Waals surface area contributed by atoms with E-state index in [1.165, 1.54) is 12.8 Å². The van der Waals surface area contributed by atoms with Gasteiger partial charge in [0.1, 0.15) is 5.60 Å². The molecule has 4 nitrogen and oxygen atoms in total. The Bertz CT molecular complexity index is 442. The van der Waals surface area contributed by atoms with E-state index in [1.54, 1.807) is 0 Å². The molecule has 0 spiro atoms. The maximum atomic E-state index is 12.1. The van der Waals surface area contributed by atoms with Crippen LogP contribution in [0.2, 0.25) is 0 Å². The van der Waals surface area contributed by atoms with Gasteiger partial charge in [0.15, 0.2) is 0 Å². The van der Waals surface area contributed by atoms with Gasteiger partial charge in [-0.05, 0) is 56.8 Å². The van der Waals surface area contributed by atoms with Crippen LogP contribution in [-0.2, 0) is 4.74 Å². The van der Waals surface area contributed by atoms with E-state index >= 15 is 0 Å². The highest BCUT2D eigenvalue weighted by molar-refractivity contribution is 5.69. The van der Waals surface area contributed by atoms with Crippen molar-refractivity contribution in [2.45, 2.75) is 72.1 Å². The van der Waals surface area contributed by atoms with E-state index in [0.29, 0.717) is 29.3 Å². The Hall–Kier alpha value is -0.770. The highest BCUT2D eigenvalue weighted by Crippen LogP contribution is 2.48. The molecule has 4 heteroatoms. The number of ether oxygens (including phenoxy) is 1. The van der Waals surface area contributed by atoms with Gasteiger partial charge in [0.05, 0.1) is 0 Å². The highest BCUT2D eigenvalue weighted by atomic mass is 16.6. The molecule has 22 heavy (non-hydrogen) atoms. The van der Waals surface area contributed by atoms with Crippen LogP contribution in [0.25, 0.3) is 0 Å². The number of carbonyl (C=O) groups excluding carboxylic acids is 1. The van der Waals surface area contributed by atoms with Crippen molar-refractivity contribution in [3.8, 4) is 0 Å². The lowest BCUT2D eigenvalue weighted by molar-refractivity contribution is 0.0268. The molecule has 0 radical (unpaired) electrons. The maximum Gasteiger partial charge on any atom is 0.410 e. The van der Waals surface area contributed by atoms with Crippen molar-refractivity contribution in [2.75, 3.05) is 13.1 Å². The van der Waals surface area contributed by atoms with Crippen molar-refractivity contribution in [1.29, 1.82) is 0 Å². The van der Waals surface area contributed by atoms with Crippen LogP contribution in [0.3, 0.4) is 0 Å². The van der Waals surface area contributed by atoms with Gasteiger partial charge in [0, 0.05) is 25.2 Å². The zero-order valence-corrected chi connectivity index (χ0v) is 15.0. The average molecular weight is 308 g/mol. The fourth-order valence-electron chi connectivity index (χ4n) is 4.61. The average Bonchev–Trinajstić information content (AvgIpc) is 2.68. The molecule has 2 saturated carbocycles. The Morgan fingerprint density at radius 3 is 2.23 bits per heavy atom. The number of amides is 1. The number of carbonyl (C=O) groups is 1.